The molecule has 0 saturated carbocycles. The number of benzene rings is 3. The lowest BCUT2D eigenvalue weighted by Gasteiger charge is -2.31. The Morgan fingerprint density at radius 1 is 1.05 bits per heavy atom. The van der Waals surface area contributed by atoms with Gasteiger partial charge >= 0.3 is 6.03 Å². The van der Waals surface area contributed by atoms with Crippen molar-refractivity contribution in [2.45, 2.75) is 32.9 Å². The number of nitrogens with zero attached hydrogens (tertiary/aromatic N) is 4. The third-order valence-corrected chi connectivity index (χ3v) is 7.40. The molecule has 0 spiro atoms. The fraction of sp³-hybridized carbons (Fsp3) is 0.188. The largest absolute Gasteiger partial charge is 0.497 e. The number of halogens is 1. The van der Waals surface area contributed by atoms with Crippen LogP contribution in [-0.4, -0.2) is 32.4 Å². The molecule has 3 aromatic carbocycles. The molecule has 1 aliphatic rings. The first-order valence-electron chi connectivity index (χ1n) is 13.3. The first-order valence-corrected chi connectivity index (χ1v) is 13.3. The van der Waals surface area contributed by atoms with Crippen LogP contribution in [0.3, 0.4) is 0 Å². The number of carbonyl (C=O) groups is 1. The maximum absolute atomic E-state index is 14.4. The molecule has 1 N–H and O–H groups in total. The Bertz CT molecular complexity index is 1690. The molecule has 0 radical (unpaired) electrons. The van der Waals surface area contributed by atoms with Crippen molar-refractivity contribution in [2.75, 3.05) is 12.4 Å². The molecule has 202 valence electrons. The van der Waals surface area contributed by atoms with Crippen molar-refractivity contribution in [3.8, 4) is 17.3 Å². The van der Waals surface area contributed by atoms with Crippen molar-refractivity contribution >= 4 is 11.7 Å². The number of anilines is 1. The zero-order chi connectivity index (χ0) is 27.8. The van der Waals surface area contributed by atoms with Crippen molar-refractivity contribution < 1.29 is 13.9 Å². The summed E-state index contributed by atoms with van der Waals surface area (Å²) in [4.78, 5) is 15.9. The monoisotopic (exact) mass is 535 g/mol. The van der Waals surface area contributed by atoms with Crippen LogP contribution in [0.25, 0.3) is 11.5 Å². The molecule has 0 aliphatic carbocycles. The number of aromatic nitrogens is 3. The van der Waals surface area contributed by atoms with Gasteiger partial charge in [-0.25, -0.2) is 13.9 Å². The average Bonchev–Trinajstić information content (AvgIpc) is 3.56. The summed E-state index contributed by atoms with van der Waals surface area (Å²) in [5.74, 6) is 1.22. The van der Waals surface area contributed by atoms with Gasteiger partial charge < -0.3 is 19.5 Å². The Balaban J connectivity index is 1.55. The summed E-state index contributed by atoms with van der Waals surface area (Å²) in [6.07, 6.45) is 2.71. The minimum absolute atomic E-state index is 0.301. The number of methoxy groups -OCH3 is 1. The van der Waals surface area contributed by atoms with Crippen LogP contribution in [0, 0.1) is 12.7 Å². The Labute approximate surface area is 232 Å². The van der Waals surface area contributed by atoms with Crippen LogP contribution in [0.15, 0.2) is 91.1 Å². The number of nitrogens with one attached hydrogen (secondary N) is 1. The molecule has 1 atom stereocenters. The normalized spacial score (nSPS) is 14.3. The maximum atomic E-state index is 14.4. The van der Waals surface area contributed by atoms with Gasteiger partial charge in [-0.1, -0.05) is 43.3 Å². The van der Waals surface area contributed by atoms with E-state index >= 15 is 0 Å². The molecule has 40 heavy (non-hydrogen) atoms. The van der Waals surface area contributed by atoms with Gasteiger partial charge in [-0.05, 0) is 73.0 Å². The molecular formula is C32H30FN5O2. The molecule has 2 amide bonds. The van der Waals surface area contributed by atoms with Gasteiger partial charge in [-0.3, -0.25) is 0 Å². The van der Waals surface area contributed by atoms with Crippen molar-refractivity contribution in [2.24, 2.45) is 0 Å². The van der Waals surface area contributed by atoms with Gasteiger partial charge in [0.1, 0.15) is 17.4 Å². The first kappa shape index (κ1) is 25.4. The van der Waals surface area contributed by atoms with Crippen LogP contribution in [-0.2, 0) is 13.0 Å². The summed E-state index contributed by atoms with van der Waals surface area (Å²) < 4.78 is 24.0. The zero-order valence-corrected chi connectivity index (χ0v) is 22.6. The highest BCUT2D eigenvalue weighted by Crippen LogP contribution is 2.39. The second-order valence-corrected chi connectivity index (χ2v) is 9.85. The first-order chi connectivity index (χ1) is 19.5. The van der Waals surface area contributed by atoms with Crippen molar-refractivity contribution in [1.29, 1.82) is 0 Å². The van der Waals surface area contributed by atoms with Crippen LogP contribution >= 0.6 is 0 Å². The highest BCUT2D eigenvalue weighted by molar-refractivity contribution is 5.90. The number of rotatable bonds is 5. The summed E-state index contributed by atoms with van der Waals surface area (Å²) >= 11 is 0. The molecule has 0 saturated heterocycles. The zero-order valence-electron chi connectivity index (χ0n) is 22.6. The van der Waals surface area contributed by atoms with Crippen LogP contribution in [0.4, 0.5) is 14.9 Å². The molecule has 7 nitrogen and oxygen atoms in total. The van der Waals surface area contributed by atoms with Crippen molar-refractivity contribution in [3.63, 3.8) is 0 Å². The molecule has 5 aromatic rings. The van der Waals surface area contributed by atoms with Gasteiger partial charge in [0.25, 0.3) is 0 Å². The van der Waals surface area contributed by atoms with Gasteiger partial charge in [0.05, 0.1) is 36.8 Å². The summed E-state index contributed by atoms with van der Waals surface area (Å²) in [6, 6.07) is 25.7. The number of ether oxygens (including phenoxy) is 1. The standard InChI is InChI=1S/C32H30FN5O2/c1-4-28-26-20-37(32(39)34-23-16-15-21(2)27(33)19-23)30(22-10-8-13-25(18-22)40-3)29-14-9-17-36(29)31(26)38(35-28)24-11-6-5-7-12-24/h5-19,30H,4,20H2,1-3H3,(H,34,39). The van der Waals surface area contributed by atoms with Gasteiger partial charge in [-0.2, -0.15) is 5.10 Å². The molecule has 6 rings (SSSR count). The van der Waals surface area contributed by atoms with Crippen molar-refractivity contribution in [3.05, 3.63) is 125 Å². The number of fused-ring (bicyclic) bond motifs is 3. The fourth-order valence-corrected chi connectivity index (χ4v) is 5.38. The Morgan fingerprint density at radius 3 is 2.62 bits per heavy atom. The summed E-state index contributed by atoms with van der Waals surface area (Å²) in [5.41, 5.74) is 5.51. The minimum atomic E-state index is -0.457. The van der Waals surface area contributed by atoms with E-state index in [1.54, 1.807) is 31.1 Å². The number of aryl methyl sites for hydroxylation is 2. The molecule has 2 aromatic heterocycles. The number of carbonyl (C=O) groups excluding carboxylic acids is 1. The molecule has 3 heterocycles. The van der Waals surface area contributed by atoms with Gasteiger partial charge in [0.2, 0.25) is 0 Å². The maximum Gasteiger partial charge on any atom is 0.322 e. The van der Waals surface area contributed by atoms with E-state index in [9.17, 15) is 9.18 Å². The highest BCUT2D eigenvalue weighted by atomic mass is 19.1. The molecular weight excluding hydrogens is 505 g/mol. The van der Waals surface area contributed by atoms with Gasteiger partial charge in [-0.15, -0.1) is 0 Å². The predicted molar refractivity (Wildman–Crippen MR) is 153 cm³/mol. The van der Waals surface area contributed by atoms with Crippen LogP contribution < -0.4 is 10.1 Å². The number of para-hydroxylation sites is 1. The third-order valence-electron chi connectivity index (χ3n) is 7.40. The summed E-state index contributed by atoms with van der Waals surface area (Å²) in [7, 11) is 1.63. The summed E-state index contributed by atoms with van der Waals surface area (Å²) in [6.45, 7) is 4.06. The lowest BCUT2D eigenvalue weighted by Crippen LogP contribution is -2.38. The van der Waals surface area contributed by atoms with Crippen LogP contribution in [0.5, 0.6) is 5.75 Å². The van der Waals surface area contributed by atoms with E-state index in [0.717, 1.165) is 34.0 Å². The van der Waals surface area contributed by atoms with Crippen molar-refractivity contribution in [1.82, 2.24) is 19.2 Å². The van der Waals surface area contributed by atoms with Gasteiger partial charge in [0, 0.05) is 17.4 Å². The predicted octanol–water partition coefficient (Wildman–Crippen LogP) is 6.82. The van der Waals surface area contributed by atoms with E-state index in [1.165, 1.54) is 6.07 Å². The molecule has 0 bridgehead atoms. The highest BCUT2D eigenvalue weighted by Gasteiger charge is 2.36. The second kappa shape index (κ2) is 10.4. The average molecular weight is 536 g/mol. The Hall–Kier alpha value is -4.85. The quantitative estimate of drug-likeness (QED) is 0.269. The topological polar surface area (TPSA) is 64.3 Å². The van der Waals surface area contributed by atoms with E-state index in [2.05, 4.69) is 16.8 Å². The minimum Gasteiger partial charge on any atom is -0.497 e. The van der Waals surface area contributed by atoms with E-state index in [1.807, 2.05) is 77.6 Å². The number of amides is 2. The number of hydrogen-bond donors (Lipinski definition) is 1. The smallest absolute Gasteiger partial charge is 0.322 e. The lowest BCUT2D eigenvalue weighted by molar-refractivity contribution is 0.194. The van der Waals surface area contributed by atoms with Crippen LogP contribution in [0.2, 0.25) is 0 Å². The van der Waals surface area contributed by atoms with E-state index in [4.69, 9.17) is 9.84 Å². The molecule has 8 heteroatoms. The second-order valence-electron chi connectivity index (χ2n) is 9.85. The summed E-state index contributed by atoms with van der Waals surface area (Å²) in [5, 5.41) is 7.94. The SMILES string of the molecule is CCc1nn(-c2ccccc2)c2c1CN(C(=O)Nc1ccc(C)c(F)c1)C(c1cccc(OC)c1)c1cccn1-2. The fourth-order valence-electron chi connectivity index (χ4n) is 5.38. The lowest BCUT2D eigenvalue weighted by atomic mass is 10.0. The van der Waals surface area contributed by atoms with Crippen LogP contribution in [0.1, 0.15) is 41.0 Å². The van der Waals surface area contributed by atoms with Gasteiger partial charge in [0.15, 0.2) is 0 Å². The third kappa shape index (κ3) is 4.41. The molecule has 0 fully saturated rings. The van der Waals surface area contributed by atoms with E-state index < -0.39 is 6.04 Å². The molecule has 1 unspecified atom stereocenters. The molecule has 1 aliphatic heterocycles. The number of hydrogen-bond acceptors (Lipinski definition) is 3. The van der Waals surface area contributed by atoms with E-state index in [0.29, 0.717) is 30.0 Å². The number of urea groups is 1. The van der Waals surface area contributed by atoms with E-state index in [-0.39, 0.29) is 11.8 Å². The Morgan fingerprint density at radius 2 is 1.88 bits per heavy atom. The Kier molecular flexibility index (Phi) is 6.59.